The predicted molar refractivity (Wildman–Crippen MR) is 74.0 cm³/mol. The topological polar surface area (TPSA) is 29.9 Å². The van der Waals surface area contributed by atoms with Crippen molar-refractivity contribution in [1.82, 2.24) is 14.9 Å². The first kappa shape index (κ1) is 12.3. The Morgan fingerprint density at radius 3 is 2.65 bits per heavy atom. The summed E-state index contributed by atoms with van der Waals surface area (Å²) >= 11 is 3.45. The van der Waals surface area contributed by atoms with E-state index in [0.717, 1.165) is 23.1 Å². The van der Waals surface area contributed by atoms with Crippen LogP contribution in [0.1, 0.15) is 5.69 Å². The van der Waals surface area contributed by atoms with Crippen molar-refractivity contribution in [2.75, 3.05) is 13.6 Å². The van der Waals surface area contributed by atoms with Gasteiger partial charge in [-0.25, -0.2) is 4.98 Å². The molecule has 0 aliphatic carbocycles. The number of halogens is 1. The maximum atomic E-state index is 4.49. The second-order valence-electron chi connectivity index (χ2n) is 4.01. The van der Waals surface area contributed by atoms with Crippen LogP contribution < -0.4 is 5.32 Å². The maximum absolute atomic E-state index is 4.49. The molecule has 0 bridgehead atoms. The molecule has 0 aliphatic rings. The van der Waals surface area contributed by atoms with E-state index < -0.39 is 0 Å². The zero-order chi connectivity index (χ0) is 12.3. The molecule has 4 heteroatoms. The molecule has 17 heavy (non-hydrogen) atoms. The quantitative estimate of drug-likeness (QED) is 0.939. The van der Waals surface area contributed by atoms with E-state index in [-0.39, 0.29) is 0 Å². The van der Waals surface area contributed by atoms with E-state index in [1.54, 1.807) is 0 Å². The van der Waals surface area contributed by atoms with Gasteiger partial charge in [-0.05, 0) is 19.2 Å². The summed E-state index contributed by atoms with van der Waals surface area (Å²) in [6.45, 7) is 0.961. The molecule has 1 aromatic heterocycles. The van der Waals surface area contributed by atoms with E-state index in [1.807, 2.05) is 32.6 Å². The Bertz CT molecular complexity index is 488. The molecule has 2 rings (SSSR count). The number of benzene rings is 1. The van der Waals surface area contributed by atoms with Gasteiger partial charge in [0.2, 0.25) is 0 Å². The summed E-state index contributed by atoms with van der Waals surface area (Å²) in [7, 11) is 4.01. The van der Waals surface area contributed by atoms with Crippen LogP contribution in [0.5, 0.6) is 0 Å². The summed E-state index contributed by atoms with van der Waals surface area (Å²) in [5, 5.41) is 3.17. The van der Waals surface area contributed by atoms with Crippen LogP contribution in [0.2, 0.25) is 0 Å². The lowest BCUT2D eigenvalue weighted by Gasteiger charge is -2.06. The normalized spacial score (nSPS) is 10.8. The average molecular weight is 294 g/mol. The Hall–Kier alpha value is -1.13. The molecule has 1 aromatic carbocycles. The second-order valence-corrected chi connectivity index (χ2v) is 4.93. The van der Waals surface area contributed by atoms with Gasteiger partial charge in [0.1, 0.15) is 0 Å². The van der Waals surface area contributed by atoms with Crippen LogP contribution in [0.25, 0.3) is 11.3 Å². The van der Waals surface area contributed by atoms with Gasteiger partial charge in [-0.3, -0.25) is 0 Å². The van der Waals surface area contributed by atoms with Crippen molar-refractivity contribution in [2.24, 2.45) is 7.05 Å². The molecule has 1 N–H and O–H groups in total. The molecule has 90 valence electrons. The Kier molecular flexibility index (Phi) is 3.97. The summed E-state index contributed by atoms with van der Waals surface area (Å²) in [6.07, 6.45) is 2.86. The number of nitrogens with one attached hydrogen (secondary N) is 1. The van der Waals surface area contributed by atoms with Crippen molar-refractivity contribution >= 4 is 15.9 Å². The SMILES string of the molecule is CNCCc1c(-c2ccc(Br)cc2)ncn1C. The lowest BCUT2D eigenvalue weighted by atomic mass is 10.1. The second kappa shape index (κ2) is 5.47. The highest BCUT2D eigenvalue weighted by Gasteiger charge is 2.10. The highest BCUT2D eigenvalue weighted by molar-refractivity contribution is 9.10. The van der Waals surface area contributed by atoms with E-state index in [1.165, 1.54) is 11.3 Å². The van der Waals surface area contributed by atoms with Crippen LogP contribution in [-0.4, -0.2) is 23.1 Å². The summed E-state index contributed by atoms with van der Waals surface area (Å²) < 4.78 is 3.18. The molecule has 0 spiro atoms. The van der Waals surface area contributed by atoms with Gasteiger partial charge in [-0.15, -0.1) is 0 Å². The van der Waals surface area contributed by atoms with Gasteiger partial charge in [0.15, 0.2) is 0 Å². The third kappa shape index (κ3) is 2.76. The zero-order valence-corrected chi connectivity index (χ0v) is 11.7. The summed E-state index contributed by atoms with van der Waals surface area (Å²) in [5.74, 6) is 0. The molecule has 0 radical (unpaired) electrons. The minimum absolute atomic E-state index is 0.961. The lowest BCUT2D eigenvalue weighted by molar-refractivity contribution is 0.738. The van der Waals surface area contributed by atoms with Gasteiger partial charge in [-0.1, -0.05) is 28.1 Å². The van der Waals surface area contributed by atoms with E-state index in [2.05, 4.69) is 42.9 Å². The molecule has 0 saturated carbocycles. The van der Waals surface area contributed by atoms with Gasteiger partial charge in [0.25, 0.3) is 0 Å². The van der Waals surface area contributed by atoms with Crippen molar-refractivity contribution in [3.8, 4) is 11.3 Å². The number of aromatic nitrogens is 2. The zero-order valence-electron chi connectivity index (χ0n) is 10.1. The molecule has 1 heterocycles. The minimum atomic E-state index is 0.961. The van der Waals surface area contributed by atoms with E-state index >= 15 is 0 Å². The first-order chi connectivity index (χ1) is 8.22. The van der Waals surface area contributed by atoms with Gasteiger partial charge < -0.3 is 9.88 Å². The van der Waals surface area contributed by atoms with Crippen LogP contribution in [0.15, 0.2) is 35.1 Å². The highest BCUT2D eigenvalue weighted by Crippen LogP contribution is 2.23. The van der Waals surface area contributed by atoms with Crippen LogP contribution in [0.3, 0.4) is 0 Å². The van der Waals surface area contributed by atoms with Gasteiger partial charge in [0, 0.05) is 35.7 Å². The Morgan fingerprint density at radius 2 is 2.00 bits per heavy atom. The van der Waals surface area contributed by atoms with E-state index in [0.29, 0.717) is 0 Å². The van der Waals surface area contributed by atoms with E-state index in [4.69, 9.17) is 0 Å². The van der Waals surface area contributed by atoms with Crippen molar-refractivity contribution in [3.63, 3.8) is 0 Å². The fourth-order valence-corrected chi connectivity index (χ4v) is 2.11. The summed E-state index contributed by atoms with van der Waals surface area (Å²) in [4.78, 5) is 4.49. The average Bonchev–Trinajstić information content (AvgIpc) is 2.69. The number of aryl methyl sites for hydroxylation is 1. The molecule has 0 fully saturated rings. The van der Waals surface area contributed by atoms with Crippen LogP contribution in [0, 0.1) is 0 Å². The molecule has 0 saturated heterocycles. The van der Waals surface area contributed by atoms with Gasteiger partial charge in [0.05, 0.1) is 12.0 Å². The molecular weight excluding hydrogens is 278 g/mol. The molecule has 0 amide bonds. The van der Waals surface area contributed by atoms with Gasteiger partial charge in [-0.2, -0.15) is 0 Å². The van der Waals surface area contributed by atoms with Crippen LogP contribution in [0.4, 0.5) is 0 Å². The van der Waals surface area contributed by atoms with Crippen LogP contribution >= 0.6 is 15.9 Å². The molecular formula is C13H16BrN3. The standard InChI is InChI=1S/C13H16BrN3/c1-15-8-7-12-13(16-9-17(12)2)10-3-5-11(14)6-4-10/h3-6,9,15H,7-8H2,1-2H3. The number of imidazole rings is 1. The molecule has 0 unspecified atom stereocenters. The van der Waals surface area contributed by atoms with Gasteiger partial charge >= 0.3 is 0 Å². The molecule has 0 aliphatic heterocycles. The fourth-order valence-electron chi connectivity index (χ4n) is 1.84. The number of nitrogens with zero attached hydrogens (tertiary/aromatic N) is 2. The molecule has 3 nitrogen and oxygen atoms in total. The number of rotatable bonds is 4. The number of hydrogen-bond donors (Lipinski definition) is 1. The highest BCUT2D eigenvalue weighted by atomic mass is 79.9. The maximum Gasteiger partial charge on any atom is 0.0953 e. The van der Waals surface area contributed by atoms with Crippen molar-refractivity contribution in [2.45, 2.75) is 6.42 Å². The smallest absolute Gasteiger partial charge is 0.0953 e. The first-order valence-electron chi connectivity index (χ1n) is 5.63. The molecule has 2 aromatic rings. The summed E-state index contributed by atoms with van der Waals surface area (Å²) in [6, 6.07) is 8.28. The van der Waals surface area contributed by atoms with Crippen molar-refractivity contribution < 1.29 is 0 Å². The molecule has 0 atom stereocenters. The summed E-state index contributed by atoms with van der Waals surface area (Å²) in [5.41, 5.74) is 3.51. The lowest BCUT2D eigenvalue weighted by Crippen LogP contribution is -2.12. The van der Waals surface area contributed by atoms with Crippen LogP contribution in [-0.2, 0) is 13.5 Å². The number of hydrogen-bond acceptors (Lipinski definition) is 2. The predicted octanol–water partition coefficient (Wildman–Crippen LogP) is 2.61. The van der Waals surface area contributed by atoms with Crippen molar-refractivity contribution in [3.05, 3.63) is 40.8 Å². The monoisotopic (exact) mass is 293 g/mol. The number of likely N-dealkylation sites (N-methyl/N-ethyl adjacent to an activating group) is 1. The van der Waals surface area contributed by atoms with Crippen molar-refractivity contribution in [1.29, 1.82) is 0 Å². The Balaban J connectivity index is 2.34. The fraction of sp³-hybridized carbons (Fsp3) is 0.308. The first-order valence-corrected chi connectivity index (χ1v) is 6.42. The Morgan fingerprint density at radius 1 is 1.29 bits per heavy atom. The third-order valence-corrected chi connectivity index (χ3v) is 3.32. The largest absolute Gasteiger partial charge is 0.337 e. The third-order valence-electron chi connectivity index (χ3n) is 2.79. The minimum Gasteiger partial charge on any atom is -0.337 e. The van der Waals surface area contributed by atoms with E-state index in [9.17, 15) is 0 Å². The Labute approximate surface area is 110 Å².